The summed E-state index contributed by atoms with van der Waals surface area (Å²) in [6, 6.07) is 1.12. The maximum Gasteiger partial charge on any atom is 0.414 e. The molecule has 1 aromatic heterocycles. The van der Waals surface area contributed by atoms with Crippen LogP contribution in [0.25, 0.3) is 0 Å². The smallest absolute Gasteiger partial charge is 0.414 e. The number of anilines is 2. The molecule has 0 aliphatic rings. The van der Waals surface area contributed by atoms with Crippen molar-refractivity contribution in [3.05, 3.63) is 17.8 Å². The fourth-order valence-corrected chi connectivity index (χ4v) is 1.30. The van der Waals surface area contributed by atoms with Gasteiger partial charge < -0.3 is 10.5 Å². The van der Waals surface area contributed by atoms with E-state index in [9.17, 15) is 13.6 Å². The summed E-state index contributed by atoms with van der Waals surface area (Å²) in [4.78, 5) is 16.5. The number of pyridine rings is 1. The van der Waals surface area contributed by atoms with Gasteiger partial charge in [-0.2, -0.15) is 0 Å². The number of hydrogen-bond acceptors (Lipinski definition) is 4. The van der Waals surface area contributed by atoms with Gasteiger partial charge in [-0.25, -0.2) is 18.6 Å². The Labute approximate surface area is 110 Å². The van der Waals surface area contributed by atoms with Crippen molar-refractivity contribution in [2.45, 2.75) is 32.8 Å². The largest absolute Gasteiger partial charge is 0.443 e. The average Bonchev–Trinajstić information content (AvgIpc) is 2.26. The summed E-state index contributed by atoms with van der Waals surface area (Å²) < 4.78 is 30.3. The highest BCUT2D eigenvalue weighted by Crippen LogP contribution is 2.27. The molecule has 0 atom stereocenters. The third kappa shape index (κ3) is 4.04. The number of carbonyl (C=O) groups excluding carboxylic acids is 1. The number of rotatable bonds is 2. The van der Waals surface area contributed by atoms with Gasteiger partial charge >= 0.3 is 6.09 Å². The standard InChI is InChI=1S/C12H17F2N3O2/c1-12(2,3)19-11(18)17(4)8-5-7(9(13)14)6-16-10(8)15/h5-6,9H,1-4H3,(H2,15,16). The van der Waals surface area contributed by atoms with Gasteiger partial charge in [-0.1, -0.05) is 0 Å². The van der Waals surface area contributed by atoms with Crippen molar-refractivity contribution in [2.24, 2.45) is 0 Å². The Morgan fingerprint density at radius 3 is 2.53 bits per heavy atom. The summed E-state index contributed by atoms with van der Waals surface area (Å²) in [5, 5.41) is 0. The van der Waals surface area contributed by atoms with Crippen molar-refractivity contribution in [3.63, 3.8) is 0 Å². The molecule has 19 heavy (non-hydrogen) atoms. The Hall–Kier alpha value is -1.92. The molecule has 0 saturated heterocycles. The van der Waals surface area contributed by atoms with Crippen LogP contribution in [0.3, 0.4) is 0 Å². The Balaban J connectivity index is 3.01. The Bertz CT molecular complexity index is 473. The molecule has 7 heteroatoms. The van der Waals surface area contributed by atoms with E-state index in [1.807, 2.05) is 0 Å². The van der Waals surface area contributed by atoms with E-state index in [1.54, 1.807) is 20.8 Å². The van der Waals surface area contributed by atoms with E-state index in [2.05, 4.69) is 4.98 Å². The van der Waals surface area contributed by atoms with E-state index in [-0.39, 0.29) is 17.1 Å². The molecule has 0 saturated carbocycles. The Morgan fingerprint density at radius 2 is 2.05 bits per heavy atom. The number of halogens is 2. The van der Waals surface area contributed by atoms with E-state index in [1.165, 1.54) is 7.05 Å². The summed E-state index contributed by atoms with van der Waals surface area (Å²) in [5.41, 5.74) is 4.68. The van der Waals surface area contributed by atoms with Crippen molar-refractivity contribution in [1.82, 2.24) is 4.98 Å². The quantitative estimate of drug-likeness (QED) is 0.899. The van der Waals surface area contributed by atoms with Gasteiger partial charge in [0, 0.05) is 18.8 Å². The van der Waals surface area contributed by atoms with Gasteiger partial charge in [0.1, 0.15) is 11.4 Å². The van der Waals surface area contributed by atoms with Gasteiger partial charge in [0.05, 0.1) is 5.69 Å². The molecule has 0 aliphatic heterocycles. The average molecular weight is 273 g/mol. The molecule has 1 amide bonds. The predicted molar refractivity (Wildman–Crippen MR) is 68.2 cm³/mol. The first-order valence-electron chi connectivity index (χ1n) is 5.62. The van der Waals surface area contributed by atoms with Gasteiger partial charge in [-0.15, -0.1) is 0 Å². The first-order valence-corrected chi connectivity index (χ1v) is 5.62. The van der Waals surface area contributed by atoms with Crippen molar-refractivity contribution in [1.29, 1.82) is 0 Å². The molecule has 0 spiro atoms. The van der Waals surface area contributed by atoms with Crippen LogP contribution >= 0.6 is 0 Å². The minimum atomic E-state index is -2.68. The monoisotopic (exact) mass is 273 g/mol. The normalized spacial score (nSPS) is 11.5. The molecule has 0 aliphatic carbocycles. The lowest BCUT2D eigenvalue weighted by Gasteiger charge is -2.25. The first kappa shape index (κ1) is 15.1. The summed E-state index contributed by atoms with van der Waals surface area (Å²) in [6.45, 7) is 5.11. The third-order valence-corrected chi connectivity index (χ3v) is 2.20. The zero-order valence-electron chi connectivity index (χ0n) is 11.3. The lowest BCUT2D eigenvalue weighted by Crippen LogP contribution is -2.34. The number of ether oxygens (including phenoxy) is 1. The molecular formula is C12H17F2N3O2. The lowest BCUT2D eigenvalue weighted by molar-refractivity contribution is 0.0589. The molecule has 2 N–H and O–H groups in total. The highest BCUT2D eigenvalue weighted by Gasteiger charge is 2.23. The number of carbonyl (C=O) groups is 1. The van der Waals surface area contributed by atoms with Crippen LogP contribution in [0.2, 0.25) is 0 Å². The van der Waals surface area contributed by atoms with Crippen molar-refractivity contribution < 1.29 is 18.3 Å². The van der Waals surface area contributed by atoms with Gasteiger partial charge in [-0.3, -0.25) is 4.90 Å². The van der Waals surface area contributed by atoms with E-state index in [0.29, 0.717) is 0 Å². The van der Waals surface area contributed by atoms with E-state index in [4.69, 9.17) is 10.5 Å². The van der Waals surface area contributed by atoms with Crippen molar-refractivity contribution in [3.8, 4) is 0 Å². The zero-order valence-corrected chi connectivity index (χ0v) is 11.3. The minimum absolute atomic E-state index is 0.0160. The van der Waals surface area contributed by atoms with Gasteiger partial charge in [0.25, 0.3) is 6.43 Å². The summed E-state index contributed by atoms with van der Waals surface area (Å²) >= 11 is 0. The number of hydrogen-bond donors (Lipinski definition) is 1. The van der Waals surface area contributed by atoms with Crippen LogP contribution < -0.4 is 10.6 Å². The van der Waals surface area contributed by atoms with Gasteiger partial charge in [-0.05, 0) is 26.8 Å². The molecule has 0 aromatic carbocycles. The predicted octanol–water partition coefficient (Wildman–Crippen LogP) is 2.97. The van der Waals surface area contributed by atoms with Crippen LogP contribution in [0.1, 0.15) is 32.8 Å². The number of alkyl halides is 2. The second-order valence-corrected chi connectivity index (χ2v) is 5.01. The van der Waals surface area contributed by atoms with Crippen LogP contribution in [0.5, 0.6) is 0 Å². The number of aromatic nitrogens is 1. The highest BCUT2D eigenvalue weighted by atomic mass is 19.3. The topological polar surface area (TPSA) is 68.5 Å². The summed E-state index contributed by atoms with van der Waals surface area (Å²) in [7, 11) is 1.39. The van der Waals surface area contributed by atoms with Crippen LogP contribution in [0.15, 0.2) is 12.3 Å². The summed E-state index contributed by atoms with van der Waals surface area (Å²) in [6.07, 6.45) is -2.39. The van der Waals surface area contributed by atoms with Crippen LogP contribution in [0, 0.1) is 0 Å². The minimum Gasteiger partial charge on any atom is -0.443 e. The number of nitrogens with zero attached hydrogens (tertiary/aromatic N) is 2. The molecule has 1 aromatic rings. The number of nitrogen functional groups attached to an aromatic ring is 1. The molecule has 0 radical (unpaired) electrons. The summed E-state index contributed by atoms with van der Waals surface area (Å²) in [5.74, 6) is -0.0160. The van der Waals surface area contributed by atoms with Crippen molar-refractivity contribution in [2.75, 3.05) is 17.7 Å². The molecule has 1 rings (SSSR count). The van der Waals surface area contributed by atoms with Crippen LogP contribution in [0.4, 0.5) is 25.1 Å². The lowest BCUT2D eigenvalue weighted by atomic mass is 10.2. The van der Waals surface area contributed by atoms with E-state index < -0.39 is 18.1 Å². The number of nitrogens with two attached hydrogens (primary N) is 1. The van der Waals surface area contributed by atoms with Crippen LogP contribution in [-0.4, -0.2) is 23.7 Å². The molecule has 0 bridgehead atoms. The molecular weight excluding hydrogens is 256 g/mol. The van der Waals surface area contributed by atoms with Gasteiger partial charge in [0.15, 0.2) is 0 Å². The van der Waals surface area contributed by atoms with Gasteiger partial charge in [0.2, 0.25) is 0 Å². The zero-order chi connectivity index (χ0) is 14.8. The molecule has 0 unspecified atom stereocenters. The maximum atomic E-state index is 12.6. The molecule has 106 valence electrons. The van der Waals surface area contributed by atoms with E-state index >= 15 is 0 Å². The second-order valence-electron chi connectivity index (χ2n) is 5.01. The number of amides is 1. The SMILES string of the molecule is CN(C(=O)OC(C)(C)C)c1cc(C(F)F)cnc1N. The Morgan fingerprint density at radius 1 is 1.47 bits per heavy atom. The van der Waals surface area contributed by atoms with E-state index in [0.717, 1.165) is 17.2 Å². The second kappa shape index (κ2) is 5.38. The highest BCUT2D eigenvalue weighted by molar-refractivity contribution is 5.90. The third-order valence-electron chi connectivity index (χ3n) is 2.20. The Kier molecular flexibility index (Phi) is 4.28. The molecule has 0 fully saturated rings. The van der Waals surface area contributed by atoms with Crippen molar-refractivity contribution >= 4 is 17.6 Å². The molecule has 5 nitrogen and oxygen atoms in total. The van der Waals surface area contributed by atoms with Crippen LogP contribution in [-0.2, 0) is 4.74 Å². The first-order chi connectivity index (χ1) is 8.61. The maximum absolute atomic E-state index is 12.6. The fourth-order valence-electron chi connectivity index (χ4n) is 1.30. The molecule has 1 heterocycles. The fraction of sp³-hybridized carbons (Fsp3) is 0.500.